The number of nitrogens with zero attached hydrogens (tertiary/aromatic N) is 1. The van der Waals surface area contributed by atoms with Crippen molar-refractivity contribution >= 4 is 11.7 Å². The second-order valence-electron chi connectivity index (χ2n) is 4.26. The lowest BCUT2D eigenvalue weighted by Crippen LogP contribution is -2.11. The quantitative estimate of drug-likeness (QED) is 0.518. The molecule has 0 amide bonds. The maximum absolute atomic E-state index is 10.7. The summed E-state index contributed by atoms with van der Waals surface area (Å²) in [5.41, 5.74) is 2.20. The van der Waals surface area contributed by atoms with Crippen LogP contribution in [0.3, 0.4) is 0 Å². The Balaban J connectivity index is 2.73. The highest BCUT2D eigenvalue weighted by molar-refractivity contribution is 6.00. The van der Waals surface area contributed by atoms with E-state index < -0.39 is 0 Å². The number of carbonyl (C=O) groups is 1. The molecular formula is C12H19NO2. The topological polar surface area (TPSA) is 38.7 Å². The average Bonchev–Trinajstić information content (AvgIpc) is 2.15. The first-order chi connectivity index (χ1) is 7.09. The van der Waals surface area contributed by atoms with Crippen LogP contribution in [0.15, 0.2) is 16.8 Å². The van der Waals surface area contributed by atoms with E-state index in [9.17, 15) is 4.79 Å². The maximum atomic E-state index is 10.7. The largest absolute Gasteiger partial charge is 0.331 e. The Kier molecular flexibility index (Phi) is 4.53. The molecule has 0 radical (unpaired) electrons. The van der Waals surface area contributed by atoms with Crippen molar-refractivity contribution in [1.29, 1.82) is 0 Å². The van der Waals surface area contributed by atoms with E-state index in [1.165, 1.54) is 18.9 Å². The normalized spacial score (nSPS) is 22.4. The van der Waals surface area contributed by atoms with E-state index >= 15 is 0 Å². The molecule has 1 aliphatic carbocycles. The molecule has 0 saturated heterocycles. The average molecular weight is 209 g/mol. The molecule has 0 atom stereocenters. The number of rotatable bonds is 2. The third kappa shape index (κ3) is 4.28. The van der Waals surface area contributed by atoms with Crippen LogP contribution in [0, 0.1) is 5.92 Å². The monoisotopic (exact) mass is 209 g/mol. The standard InChI is InChI=1S/C12H19NO2/c1-9(2)8-11-6-4-5-7-12(11)13-15-10(3)14/h8-9H,4-7H2,1-3H3/b11-8-,13-12-. The van der Waals surface area contributed by atoms with Crippen molar-refractivity contribution in [3.8, 4) is 0 Å². The number of carbonyl (C=O) groups excluding carboxylic acids is 1. The highest BCUT2D eigenvalue weighted by atomic mass is 16.7. The van der Waals surface area contributed by atoms with E-state index in [4.69, 9.17) is 4.84 Å². The molecule has 0 bridgehead atoms. The van der Waals surface area contributed by atoms with Gasteiger partial charge in [0.1, 0.15) is 0 Å². The summed E-state index contributed by atoms with van der Waals surface area (Å²) in [5, 5.41) is 3.92. The lowest BCUT2D eigenvalue weighted by Gasteiger charge is -2.16. The Bertz CT molecular complexity index is 290. The van der Waals surface area contributed by atoms with Crippen LogP contribution in [0.1, 0.15) is 46.5 Å². The van der Waals surface area contributed by atoms with Gasteiger partial charge in [-0.1, -0.05) is 25.1 Å². The van der Waals surface area contributed by atoms with Crippen LogP contribution in [0.2, 0.25) is 0 Å². The van der Waals surface area contributed by atoms with Crippen molar-refractivity contribution in [3.63, 3.8) is 0 Å². The number of oxime groups is 1. The molecule has 1 saturated carbocycles. The van der Waals surface area contributed by atoms with Gasteiger partial charge in [0.2, 0.25) is 0 Å². The Morgan fingerprint density at radius 2 is 2.07 bits per heavy atom. The van der Waals surface area contributed by atoms with E-state index in [-0.39, 0.29) is 5.97 Å². The highest BCUT2D eigenvalue weighted by Gasteiger charge is 2.14. The Labute approximate surface area is 91.2 Å². The van der Waals surface area contributed by atoms with Gasteiger partial charge in [0, 0.05) is 6.92 Å². The van der Waals surface area contributed by atoms with Gasteiger partial charge in [-0.25, -0.2) is 4.79 Å². The molecule has 84 valence electrons. The number of hydrogen-bond acceptors (Lipinski definition) is 3. The predicted molar refractivity (Wildman–Crippen MR) is 60.6 cm³/mol. The summed E-state index contributed by atoms with van der Waals surface area (Å²) < 4.78 is 0. The Morgan fingerprint density at radius 1 is 1.40 bits per heavy atom. The van der Waals surface area contributed by atoms with E-state index in [0.29, 0.717) is 5.92 Å². The fraction of sp³-hybridized carbons (Fsp3) is 0.667. The summed E-state index contributed by atoms with van der Waals surface area (Å²) in [6.07, 6.45) is 6.53. The molecule has 1 fully saturated rings. The van der Waals surface area contributed by atoms with E-state index in [1.54, 1.807) is 0 Å². The molecule has 1 aliphatic rings. The Hall–Kier alpha value is -1.12. The number of hydrogen-bond donors (Lipinski definition) is 0. The van der Waals surface area contributed by atoms with Gasteiger partial charge in [-0.3, -0.25) is 0 Å². The molecule has 0 aromatic heterocycles. The SMILES string of the molecule is CC(=O)O/N=C1/CCCC/C1=C/C(C)C. The summed E-state index contributed by atoms with van der Waals surface area (Å²) in [5.74, 6) is 0.164. The van der Waals surface area contributed by atoms with E-state index in [2.05, 4.69) is 25.1 Å². The van der Waals surface area contributed by atoms with Crippen LogP contribution in [-0.2, 0) is 9.63 Å². The molecule has 0 heterocycles. The first-order valence-electron chi connectivity index (χ1n) is 5.55. The van der Waals surface area contributed by atoms with Crippen molar-refractivity contribution in [2.75, 3.05) is 0 Å². The van der Waals surface area contributed by atoms with E-state index in [0.717, 1.165) is 25.0 Å². The molecule has 0 aromatic carbocycles. The molecule has 3 nitrogen and oxygen atoms in total. The zero-order valence-corrected chi connectivity index (χ0v) is 9.75. The van der Waals surface area contributed by atoms with Gasteiger partial charge >= 0.3 is 5.97 Å². The lowest BCUT2D eigenvalue weighted by molar-refractivity contribution is -0.140. The molecular weight excluding hydrogens is 190 g/mol. The van der Waals surface area contributed by atoms with Gasteiger partial charge in [-0.2, -0.15) is 0 Å². The summed E-state index contributed by atoms with van der Waals surface area (Å²) in [6.45, 7) is 5.66. The van der Waals surface area contributed by atoms with Crippen LogP contribution < -0.4 is 0 Å². The van der Waals surface area contributed by atoms with Crippen LogP contribution in [0.4, 0.5) is 0 Å². The second kappa shape index (κ2) is 5.69. The van der Waals surface area contributed by atoms with Crippen LogP contribution in [-0.4, -0.2) is 11.7 Å². The molecule has 0 aliphatic heterocycles. The summed E-state index contributed by atoms with van der Waals surface area (Å²) in [4.78, 5) is 15.4. The van der Waals surface area contributed by atoms with Gasteiger partial charge in [-0.05, 0) is 37.2 Å². The minimum Gasteiger partial charge on any atom is -0.318 e. The summed E-state index contributed by atoms with van der Waals surface area (Å²) in [6, 6.07) is 0. The van der Waals surface area contributed by atoms with Crippen molar-refractivity contribution in [2.24, 2.45) is 11.1 Å². The zero-order valence-electron chi connectivity index (χ0n) is 9.75. The van der Waals surface area contributed by atoms with Gasteiger partial charge in [0.15, 0.2) is 0 Å². The first kappa shape index (κ1) is 12.0. The van der Waals surface area contributed by atoms with Crippen molar-refractivity contribution < 1.29 is 9.63 Å². The van der Waals surface area contributed by atoms with Crippen LogP contribution in [0.5, 0.6) is 0 Å². The lowest BCUT2D eigenvalue weighted by atomic mass is 9.91. The van der Waals surface area contributed by atoms with Crippen molar-refractivity contribution in [3.05, 3.63) is 11.6 Å². The maximum Gasteiger partial charge on any atom is 0.331 e. The van der Waals surface area contributed by atoms with Gasteiger partial charge in [-0.15, -0.1) is 0 Å². The first-order valence-corrected chi connectivity index (χ1v) is 5.55. The molecule has 1 rings (SSSR count). The molecule has 15 heavy (non-hydrogen) atoms. The fourth-order valence-corrected chi connectivity index (χ4v) is 1.72. The second-order valence-corrected chi connectivity index (χ2v) is 4.26. The predicted octanol–water partition coefficient (Wildman–Crippen LogP) is 3.06. The van der Waals surface area contributed by atoms with Crippen molar-refractivity contribution in [2.45, 2.75) is 46.5 Å². The molecule has 0 spiro atoms. The third-order valence-corrected chi connectivity index (χ3v) is 2.30. The smallest absolute Gasteiger partial charge is 0.318 e. The van der Waals surface area contributed by atoms with Crippen molar-refractivity contribution in [1.82, 2.24) is 0 Å². The molecule has 0 N–H and O–H groups in total. The highest BCUT2D eigenvalue weighted by Crippen LogP contribution is 2.22. The summed E-state index contributed by atoms with van der Waals surface area (Å²) >= 11 is 0. The van der Waals surface area contributed by atoms with Gasteiger partial charge < -0.3 is 4.84 Å². The zero-order chi connectivity index (χ0) is 11.3. The number of allylic oxidation sites excluding steroid dienone is 2. The third-order valence-electron chi connectivity index (χ3n) is 2.30. The van der Waals surface area contributed by atoms with Gasteiger partial charge in [0.05, 0.1) is 5.71 Å². The Morgan fingerprint density at radius 3 is 2.67 bits per heavy atom. The van der Waals surface area contributed by atoms with E-state index in [1.807, 2.05) is 0 Å². The fourth-order valence-electron chi connectivity index (χ4n) is 1.72. The van der Waals surface area contributed by atoms with Crippen LogP contribution in [0.25, 0.3) is 0 Å². The van der Waals surface area contributed by atoms with Gasteiger partial charge in [0.25, 0.3) is 0 Å². The molecule has 0 aromatic rings. The van der Waals surface area contributed by atoms with Crippen LogP contribution >= 0.6 is 0 Å². The minimum atomic E-state index is -0.350. The summed E-state index contributed by atoms with van der Waals surface area (Å²) in [7, 11) is 0. The minimum absolute atomic E-state index is 0.350. The molecule has 3 heteroatoms. The molecule has 0 unspecified atom stereocenters.